The van der Waals surface area contributed by atoms with Crippen LogP contribution in [0.3, 0.4) is 0 Å². The summed E-state index contributed by atoms with van der Waals surface area (Å²) in [5.41, 5.74) is 1.92. The number of methoxy groups -OCH3 is 1. The molecule has 2 atom stereocenters. The van der Waals surface area contributed by atoms with Crippen LogP contribution in [0.25, 0.3) is 0 Å². The smallest absolute Gasteiger partial charge is 0.407 e. The van der Waals surface area contributed by atoms with Gasteiger partial charge in [-0.1, -0.05) is 54.6 Å². The van der Waals surface area contributed by atoms with E-state index in [0.717, 1.165) is 46.8 Å². The fourth-order valence-corrected chi connectivity index (χ4v) is 7.93. The first-order chi connectivity index (χ1) is 21.1. The van der Waals surface area contributed by atoms with E-state index in [9.17, 15) is 23.1 Å². The monoisotopic (exact) mass is 621 g/mol. The van der Waals surface area contributed by atoms with Gasteiger partial charge in [0.25, 0.3) is 0 Å². The van der Waals surface area contributed by atoms with Crippen molar-refractivity contribution in [3.63, 3.8) is 0 Å². The van der Waals surface area contributed by atoms with Crippen molar-refractivity contribution in [2.75, 3.05) is 33.4 Å². The fraction of sp³-hybridized carbons (Fsp3) is 0.394. The number of likely N-dealkylation sites (tertiary alicyclic amines) is 1. The van der Waals surface area contributed by atoms with Crippen LogP contribution >= 0.6 is 0 Å². The van der Waals surface area contributed by atoms with E-state index in [1.807, 2.05) is 48.5 Å². The quantitative estimate of drug-likeness (QED) is 0.265. The van der Waals surface area contributed by atoms with E-state index in [0.29, 0.717) is 12.2 Å². The Bertz CT molecular complexity index is 1560. The second-order valence-electron chi connectivity index (χ2n) is 11.5. The maximum Gasteiger partial charge on any atom is 0.407 e. The van der Waals surface area contributed by atoms with Crippen LogP contribution < -0.4 is 14.8 Å². The number of carbonyl (C=O) groups is 2. The van der Waals surface area contributed by atoms with Gasteiger partial charge in [-0.2, -0.15) is 0 Å². The number of ether oxygens (including phenoxy) is 2. The largest absolute Gasteiger partial charge is 0.465 e. The second-order valence-corrected chi connectivity index (χ2v) is 13.2. The Hall–Kier alpha value is -3.93. The molecule has 0 aliphatic carbocycles. The minimum absolute atomic E-state index is 0.0269. The molecule has 0 aromatic heterocycles. The number of sulfonamides is 1. The second kappa shape index (κ2) is 13.4. The third kappa shape index (κ3) is 6.59. The van der Waals surface area contributed by atoms with Crippen LogP contribution in [-0.2, 0) is 25.0 Å². The number of nitrogens with one attached hydrogen (secondary N) is 2. The molecular formula is C33H39N3O7S. The van der Waals surface area contributed by atoms with E-state index in [1.165, 1.54) is 6.07 Å². The molecule has 3 N–H and O–H groups in total. The minimum Gasteiger partial charge on any atom is -0.465 e. The molecule has 2 heterocycles. The third-order valence-electron chi connectivity index (χ3n) is 8.59. The number of piperidine rings is 1. The van der Waals surface area contributed by atoms with Gasteiger partial charge < -0.3 is 24.8 Å². The van der Waals surface area contributed by atoms with E-state index in [4.69, 9.17) is 9.47 Å². The fourth-order valence-electron chi connectivity index (χ4n) is 6.44. The standard InChI is InChI=1S/C33H39N3O7S/c1-23-11-3-8-16-30(23)44(40,41)35-25-19-24(20-36(21-25)32(38)39)31(37)34-22-33(17-9-10-18-42-2)26-12-4-6-14-28(26)43-29-15-7-5-13-27(29)33/h3-8,11-16,24-25,35H,9-10,17-22H2,1-2H3,(H,34,37)(H,38,39)/t24-,25+/m0/s1. The highest BCUT2D eigenvalue weighted by Gasteiger charge is 2.43. The lowest BCUT2D eigenvalue weighted by atomic mass is 9.69. The van der Waals surface area contributed by atoms with Gasteiger partial charge in [-0.05, 0) is 56.4 Å². The molecule has 0 saturated carbocycles. The van der Waals surface area contributed by atoms with Gasteiger partial charge in [0.2, 0.25) is 15.9 Å². The number of para-hydroxylation sites is 2. The van der Waals surface area contributed by atoms with Gasteiger partial charge in [0.05, 0.1) is 10.8 Å². The number of amides is 2. The highest BCUT2D eigenvalue weighted by molar-refractivity contribution is 7.89. The molecule has 5 rings (SSSR count). The summed E-state index contributed by atoms with van der Waals surface area (Å²) in [4.78, 5) is 27.1. The predicted octanol–water partition coefficient (Wildman–Crippen LogP) is 4.67. The van der Waals surface area contributed by atoms with Gasteiger partial charge in [-0.3, -0.25) is 4.79 Å². The van der Waals surface area contributed by atoms with Gasteiger partial charge in [-0.15, -0.1) is 0 Å². The molecule has 2 aliphatic heterocycles. The molecule has 0 bridgehead atoms. The first-order valence-electron chi connectivity index (χ1n) is 14.8. The third-order valence-corrected chi connectivity index (χ3v) is 10.3. The molecule has 0 radical (unpaired) electrons. The van der Waals surface area contributed by atoms with Crippen LogP contribution in [0, 0.1) is 12.8 Å². The van der Waals surface area contributed by atoms with Crippen molar-refractivity contribution < 1.29 is 32.6 Å². The SMILES string of the molecule is COCCCCC1(CNC(=O)[C@H]2C[C@@H](NS(=O)(=O)c3ccccc3C)CN(C(=O)O)C2)c2ccccc2Oc2ccccc21. The zero-order chi connectivity index (χ0) is 31.3. The normalized spacial score (nSPS) is 18.9. The summed E-state index contributed by atoms with van der Waals surface area (Å²) < 4.78 is 40.7. The van der Waals surface area contributed by atoms with Crippen LogP contribution in [-0.4, -0.2) is 69.8 Å². The maximum atomic E-state index is 13.8. The Morgan fingerprint density at radius 2 is 1.61 bits per heavy atom. The van der Waals surface area contributed by atoms with E-state index in [2.05, 4.69) is 10.0 Å². The van der Waals surface area contributed by atoms with Crippen LogP contribution in [0.1, 0.15) is 42.4 Å². The van der Waals surface area contributed by atoms with Crippen molar-refractivity contribution in [1.29, 1.82) is 0 Å². The zero-order valence-electron chi connectivity index (χ0n) is 25.0. The summed E-state index contributed by atoms with van der Waals surface area (Å²) in [5, 5.41) is 13.0. The molecule has 3 aromatic carbocycles. The zero-order valence-corrected chi connectivity index (χ0v) is 25.8. The lowest BCUT2D eigenvalue weighted by molar-refractivity contribution is -0.126. The van der Waals surface area contributed by atoms with Crippen molar-refractivity contribution in [3.8, 4) is 11.5 Å². The molecule has 3 aromatic rings. The lowest BCUT2D eigenvalue weighted by Crippen LogP contribution is -2.56. The lowest BCUT2D eigenvalue weighted by Gasteiger charge is -2.41. The number of fused-ring (bicyclic) bond motifs is 2. The Kier molecular flexibility index (Phi) is 9.57. The Morgan fingerprint density at radius 3 is 2.25 bits per heavy atom. The number of aryl methyl sites for hydroxylation is 1. The predicted molar refractivity (Wildman–Crippen MR) is 165 cm³/mol. The van der Waals surface area contributed by atoms with Gasteiger partial charge in [0.15, 0.2) is 0 Å². The molecule has 1 saturated heterocycles. The first-order valence-corrected chi connectivity index (χ1v) is 16.3. The molecule has 234 valence electrons. The molecule has 11 heteroatoms. The molecular weight excluding hydrogens is 582 g/mol. The average Bonchev–Trinajstić information content (AvgIpc) is 3.01. The van der Waals surface area contributed by atoms with Gasteiger partial charge >= 0.3 is 6.09 Å². The van der Waals surface area contributed by atoms with E-state index >= 15 is 0 Å². The van der Waals surface area contributed by atoms with Crippen molar-refractivity contribution >= 4 is 22.0 Å². The summed E-state index contributed by atoms with van der Waals surface area (Å²) in [6.07, 6.45) is 1.36. The van der Waals surface area contributed by atoms with Gasteiger partial charge in [0.1, 0.15) is 11.5 Å². The summed E-state index contributed by atoms with van der Waals surface area (Å²) >= 11 is 0. The number of carboxylic acid groups (broad SMARTS) is 1. The molecule has 2 aliphatic rings. The van der Waals surface area contributed by atoms with Crippen LogP contribution in [0.2, 0.25) is 0 Å². The first kappa shape index (κ1) is 31.5. The Balaban J connectivity index is 1.40. The molecule has 10 nitrogen and oxygen atoms in total. The number of hydrogen-bond acceptors (Lipinski definition) is 6. The van der Waals surface area contributed by atoms with Gasteiger partial charge in [-0.25, -0.2) is 17.9 Å². The Morgan fingerprint density at radius 1 is 0.977 bits per heavy atom. The van der Waals surface area contributed by atoms with Crippen LogP contribution in [0.4, 0.5) is 4.79 Å². The van der Waals surface area contributed by atoms with Crippen molar-refractivity contribution in [1.82, 2.24) is 14.9 Å². The topological polar surface area (TPSA) is 134 Å². The van der Waals surface area contributed by atoms with Crippen molar-refractivity contribution in [2.24, 2.45) is 5.92 Å². The minimum atomic E-state index is -3.94. The number of carbonyl (C=O) groups excluding carboxylic acids is 1. The molecule has 0 spiro atoms. The molecule has 44 heavy (non-hydrogen) atoms. The summed E-state index contributed by atoms with van der Waals surface area (Å²) in [7, 11) is -2.26. The van der Waals surface area contributed by atoms with Crippen LogP contribution in [0.15, 0.2) is 77.7 Å². The highest BCUT2D eigenvalue weighted by Crippen LogP contribution is 2.50. The number of rotatable bonds is 11. The highest BCUT2D eigenvalue weighted by atomic mass is 32.2. The molecule has 0 unspecified atom stereocenters. The Labute approximate surface area is 258 Å². The molecule has 2 amide bonds. The van der Waals surface area contributed by atoms with Crippen molar-refractivity contribution in [3.05, 3.63) is 89.5 Å². The number of nitrogens with zero attached hydrogens (tertiary/aromatic N) is 1. The van der Waals surface area contributed by atoms with Gasteiger partial charge in [0, 0.05) is 55.9 Å². The average molecular weight is 622 g/mol. The van der Waals surface area contributed by atoms with Crippen LogP contribution in [0.5, 0.6) is 11.5 Å². The van der Waals surface area contributed by atoms with E-state index < -0.39 is 33.5 Å². The number of hydrogen-bond donors (Lipinski definition) is 3. The summed E-state index contributed by atoms with van der Waals surface area (Å²) in [6, 6.07) is 21.5. The number of unbranched alkanes of at least 4 members (excludes halogenated alkanes) is 1. The molecule has 1 fully saturated rings. The number of benzene rings is 3. The maximum absolute atomic E-state index is 13.8. The van der Waals surface area contributed by atoms with E-state index in [-0.39, 0.29) is 36.9 Å². The van der Waals surface area contributed by atoms with Crippen molar-refractivity contribution in [2.45, 2.75) is 49.0 Å². The summed E-state index contributed by atoms with van der Waals surface area (Å²) in [6.45, 7) is 2.51. The summed E-state index contributed by atoms with van der Waals surface area (Å²) in [5.74, 6) is 0.384. The van der Waals surface area contributed by atoms with E-state index in [1.54, 1.807) is 32.2 Å².